The summed E-state index contributed by atoms with van der Waals surface area (Å²) in [7, 11) is 1.76. The maximum Gasteiger partial charge on any atom is 0.120 e. The zero-order valence-electron chi connectivity index (χ0n) is 17.0. The van der Waals surface area contributed by atoms with Gasteiger partial charge in [-0.1, -0.05) is 48.5 Å². The van der Waals surface area contributed by atoms with Crippen LogP contribution in [0.1, 0.15) is 23.6 Å². The van der Waals surface area contributed by atoms with Crippen LogP contribution in [0.4, 0.5) is 0 Å². The Morgan fingerprint density at radius 3 is 2.69 bits per heavy atom. The van der Waals surface area contributed by atoms with Crippen LogP contribution in [0.15, 0.2) is 54.6 Å². The van der Waals surface area contributed by atoms with E-state index in [0.717, 1.165) is 51.3 Å². The molecule has 29 heavy (non-hydrogen) atoms. The smallest absolute Gasteiger partial charge is 0.120 e. The molecule has 2 aromatic carbocycles. The van der Waals surface area contributed by atoms with Crippen molar-refractivity contribution in [3.05, 3.63) is 65.7 Å². The first-order valence-electron chi connectivity index (χ1n) is 10.6. The van der Waals surface area contributed by atoms with Crippen LogP contribution < -0.4 is 0 Å². The van der Waals surface area contributed by atoms with E-state index >= 15 is 0 Å². The van der Waals surface area contributed by atoms with E-state index in [1.807, 2.05) is 12.1 Å². The lowest BCUT2D eigenvalue weighted by molar-refractivity contribution is -0.138. The topological polar surface area (TPSA) is 45.2 Å². The third-order valence-corrected chi connectivity index (χ3v) is 6.91. The Labute approximate surface area is 172 Å². The number of nitrogens with zero attached hydrogens (tertiary/aromatic N) is 2. The number of hydrogen-bond donors (Lipinski definition) is 1. The molecule has 1 N–H and O–H groups in total. The van der Waals surface area contributed by atoms with Crippen molar-refractivity contribution in [2.24, 2.45) is 5.92 Å². The van der Waals surface area contributed by atoms with Gasteiger partial charge in [-0.25, -0.2) is 0 Å². The van der Waals surface area contributed by atoms with Gasteiger partial charge in [-0.05, 0) is 18.1 Å². The van der Waals surface area contributed by atoms with Crippen molar-refractivity contribution >= 4 is 0 Å². The Morgan fingerprint density at radius 2 is 1.90 bits per heavy atom. The number of rotatable bonds is 6. The van der Waals surface area contributed by atoms with Crippen molar-refractivity contribution < 1.29 is 14.6 Å². The number of aromatic hydroxyl groups is 1. The molecule has 3 fully saturated rings. The summed E-state index contributed by atoms with van der Waals surface area (Å²) >= 11 is 0. The molecule has 5 nitrogen and oxygen atoms in total. The third-order valence-electron chi connectivity index (χ3n) is 6.91. The fourth-order valence-electron chi connectivity index (χ4n) is 5.80. The van der Waals surface area contributed by atoms with Crippen molar-refractivity contribution in [1.82, 2.24) is 9.80 Å². The van der Waals surface area contributed by atoms with E-state index in [0.29, 0.717) is 11.7 Å². The number of methoxy groups -OCH3 is 1. The van der Waals surface area contributed by atoms with E-state index in [2.05, 4.69) is 46.2 Å². The molecule has 2 bridgehead atoms. The lowest BCUT2D eigenvalue weighted by atomic mass is 9.81. The monoisotopic (exact) mass is 394 g/mol. The molecule has 0 unspecified atom stereocenters. The zero-order valence-corrected chi connectivity index (χ0v) is 17.0. The second-order valence-electron chi connectivity index (χ2n) is 8.73. The van der Waals surface area contributed by atoms with Gasteiger partial charge in [0.25, 0.3) is 0 Å². The van der Waals surface area contributed by atoms with Gasteiger partial charge in [-0.3, -0.25) is 9.80 Å². The van der Waals surface area contributed by atoms with Gasteiger partial charge in [0.15, 0.2) is 0 Å². The third kappa shape index (κ3) is 3.36. The van der Waals surface area contributed by atoms with Crippen molar-refractivity contribution in [3.8, 4) is 5.75 Å². The van der Waals surface area contributed by atoms with Crippen LogP contribution in [-0.2, 0) is 16.0 Å². The van der Waals surface area contributed by atoms with Crippen LogP contribution in [0.2, 0.25) is 0 Å². The normalized spacial score (nSPS) is 31.8. The summed E-state index contributed by atoms with van der Waals surface area (Å²) < 4.78 is 12.1. The molecule has 0 radical (unpaired) electrons. The lowest BCUT2D eigenvalue weighted by Crippen LogP contribution is -2.55. The van der Waals surface area contributed by atoms with E-state index in [1.165, 1.54) is 5.56 Å². The fourth-order valence-corrected chi connectivity index (χ4v) is 5.80. The number of likely N-dealkylation sites (tertiary alicyclic amines) is 2. The first-order chi connectivity index (χ1) is 14.2. The minimum absolute atomic E-state index is 0.0456. The van der Waals surface area contributed by atoms with Crippen LogP contribution in [-0.4, -0.2) is 66.5 Å². The summed E-state index contributed by atoms with van der Waals surface area (Å²) in [6, 6.07) is 18.5. The van der Waals surface area contributed by atoms with Crippen LogP contribution in [0.3, 0.4) is 0 Å². The van der Waals surface area contributed by atoms with Gasteiger partial charge in [0.2, 0.25) is 0 Å². The molecular weight excluding hydrogens is 364 g/mol. The molecule has 3 saturated heterocycles. The molecule has 2 aromatic rings. The maximum absolute atomic E-state index is 10.8. The van der Waals surface area contributed by atoms with Gasteiger partial charge >= 0.3 is 0 Å². The number of phenols is 1. The Balaban J connectivity index is 1.51. The molecule has 0 aromatic heterocycles. The Kier molecular flexibility index (Phi) is 5.08. The lowest BCUT2D eigenvalue weighted by Gasteiger charge is -2.45. The van der Waals surface area contributed by atoms with Crippen molar-refractivity contribution in [1.29, 1.82) is 0 Å². The number of hydrogen-bond acceptors (Lipinski definition) is 5. The van der Waals surface area contributed by atoms with E-state index in [4.69, 9.17) is 9.47 Å². The highest BCUT2D eigenvalue weighted by atomic mass is 16.5. The summed E-state index contributed by atoms with van der Waals surface area (Å²) in [5.74, 6) is 0.847. The summed E-state index contributed by atoms with van der Waals surface area (Å²) in [6.07, 6.45) is 1.37. The molecule has 0 saturated carbocycles. The standard InChI is InChI=1S/C24H30N2O3/c1-28-12-11-25-16-20-13-19-15-26(14-18-7-3-2-4-8-18)23(24(19,17-25)29-20)21-9-5-6-10-22(21)27/h2-10,19-20,23,27H,11-17H2,1H3/t19-,20-,23+,24-/m1/s1. The average Bonchev–Trinajstić information content (AvgIpc) is 3.13. The van der Waals surface area contributed by atoms with Crippen LogP contribution >= 0.6 is 0 Å². The molecule has 3 aliphatic rings. The molecule has 5 rings (SSSR count). The predicted molar refractivity (Wildman–Crippen MR) is 112 cm³/mol. The van der Waals surface area contributed by atoms with Crippen LogP contribution in [0.25, 0.3) is 0 Å². The SMILES string of the molecule is COCCN1C[C@H]2C[C@@H]3CN(Cc4ccccc4)[C@@H](c4ccccc4O)[C@]3(C1)O2. The first-order valence-corrected chi connectivity index (χ1v) is 10.6. The highest BCUT2D eigenvalue weighted by Crippen LogP contribution is 2.56. The van der Waals surface area contributed by atoms with E-state index < -0.39 is 0 Å². The quantitative estimate of drug-likeness (QED) is 0.816. The highest BCUT2D eigenvalue weighted by molar-refractivity contribution is 5.39. The second kappa shape index (κ2) is 7.73. The van der Waals surface area contributed by atoms with Gasteiger partial charge in [0.1, 0.15) is 11.4 Å². The maximum atomic E-state index is 10.8. The number of ether oxygens (including phenoxy) is 2. The first kappa shape index (κ1) is 19.1. The van der Waals surface area contributed by atoms with Gasteiger partial charge in [-0.2, -0.15) is 0 Å². The average molecular weight is 395 g/mol. The van der Waals surface area contributed by atoms with Crippen molar-refractivity contribution in [3.63, 3.8) is 0 Å². The van der Waals surface area contributed by atoms with E-state index in [1.54, 1.807) is 13.2 Å². The Hall–Kier alpha value is -1.92. The van der Waals surface area contributed by atoms with E-state index in [-0.39, 0.29) is 17.7 Å². The zero-order chi connectivity index (χ0) is 19.8. The van der Waals surface area contributed by atoms with Crippen LogP contribution in [0, 0.1) is 5.92 Å². The Morgan fingerprint density at radius 1 is 1.10 bits per heavy atom. The number of morpholine rings is 1. The van der Waals surface area contributed by atoms with Gasteiger partial charge < -0.3 is 14.6 Å². The summed E-state index contributed by atoms with van der Waals surface area (Å²) in [6.45, 7) is 5.40. The number of benzene rings is 2. The van der Waals surface area contributed by atoms with Crippen LogP contribution in [0.5, 0.6) is 5.75 Å². The second-order valence-corrected chi connectivity index (χ2v) is 8.73. The Bertz CT molecular complexity index is 845. The largest absolute Gasteiger partial charge is 0.508 e. The summed E-state index contributed by atoms with van der Waals surface area (Å²) in [5.41, 5.74) is 2.01. The molecule has 1 spiro atoms. The number of para-hydroxylation sites is 1. The van der Waals surface area contributed by atoms with E-state index in [9.17, 15) is 5.11 Å². The molecule has 0 aliphatic carbocycles. The molecule has 0 amide bonds. The molecule has 4 atom stereocenters. The minimum atomic E-state index is -0.274. The number of phenolic OH excluding ortho intramolecular Hbond substituents is 1. The highest BCUT2D eigenvalue weighted by Gasteiger charge is 2.63. The molecular formula is C24H30N2O3. The van der Waals surface area contributed by atoms with Gasteiger partial charge in [-0.15, -0.1) is 0 Å². The minimum Gasteiger partial charge on any atom is -0.508 e. The van der Waals surface area contributed by atoms with Gasteiger partial charge in [0, 0.05) is 51.3 Å². The fraction of sp³-hybridized carbons (Fsp3) is 0.500. The molecule has 3 aliphatic heterocycles. The molecule has 5 heteroatoms. The van der Waals surface area contributed by atoms with Gasteiger partial charge in [0.05, 0.1) is 18.8 Å². The predicted octanol–water partition coefficient (Wildman–Crippen LogP) is 3.06. The molecule has 3 heterocycles. The van der Waals surface area contributed by atoms with Crippen molar-refractivity contribution in [2.45, 2.75) is 30.7 Å². The molecule has 154 valence electrons. The summed E-state index contributed by atoms with van der Waals surface area (Å²) in [5, 5.41) is 10.8. The summed E-state index contributed by atoms with van der Waals surface area (Å²) in [4.78, 5) is 5.02. The van der Waals surface area contributed by atoms with Crippen molar-refractivity contribution in [2.75, 3.05) is 39.9 Å². The number of fused-ring (bicyclic) bond motifs is 1.